The molecule has 0 aliphatic carbocycles. The van der Waals surface area contributed by atoms with E-state index < -0.39 is 0 Å². The third kappa shape index (κ3) is 2.61. The van der Waals surface area contributed by atoms with E-state index in [9.17, 15) is 0 Å². The molecule has 1 aliphatic rings. The zero-order valence-electron chi connectivity index (χ0n) is 8.96. The first-order valence-corrected chi connectivity index (χ1v) is 5.62. The maximum atomic E-state index is 5.59. The number of rotatable bonds is 2. The second-order valence-corrected chi connectivity index (χ2v) is 4.20. The first-order chi connectivity index (χ1) is 6.84. The summed E-state index contributed by atoms with van der Waals surface area (Å²) in [4.78, 5) is 2.51. The number of likely N-dealkylation sites (tertiary alicyclic amines) is 1. The predicted molar refractivity (Wildman–Crippen MR) is 57.2 cm³/mol. The molecular formula is C12H19NO. The minimum absolute atomic E-state index is 0.994. The van der Waals surface area contributed by atoms with Crippen LogP contribution in [0.3, 0.4) is 0 Å². The Morgan fingerprint density at radius 2 is 1.86 bits per heavy atom. The number of hydrogen-bond donors (Lipinski definition) is 0. The van der Waals surface area contributed by atoms with E-state index in [2.05, 4.69) is 11.0 Å². The lowest BCUT2D eigenvalue weighted by Gasteiger charge is -2.17. The van der Waals surface area contributed by atoms with Crippen molar-refractivity contribution in [2.45, 2.75) is 39.2 Å². The first kappa shape index (κ1) is 9.78. The van der Waals surface area contributed by atoms with E-state index in [1.165, 1.54) is 38.8 Å². The zero-order chi connectivity index (χ0) is 9.80. The summed E-state index contributed by atoms with van der Waals surface area (Å²) in [6.07, 6.45) is 5.49. The number of aryl methyl sites for hydroxylation is 1. The van der Waals surface area contributed by atoms with Gasteiger partial charge in [-0.15, -0.1) is 0 Å². The highest BCUT2D eigenvalue weighted by atomic mass is 16.3. The Morgan fingerprint density at radius 1 is 1.14 bits per heavy atom. The molecule has 1 aromatic heterocycles. The van der Waals surface area contributed by atoms with Crippen LogP contribution in [0.2, 0.25) is 0 Å². The summed E-state index contributed by atoms with van der Waals surface area (Å²) in [7, 11) is 0. The lowest BCUT2D eigenvalue weighted by molar-refractivity contribution is 0.251. The van der Waals surface area contributed by atoms with E-state index in [0.29, 0.717) is 0 Å². The molecule has 0 unspecified atom stereocenters. The highest BCUT2D eigenvalue weighted by Gasteiger charge is 2.10. The third-order valence-electron chi connectivity index (χ3n) is 2.87. The van der Waals surface area contributed by atoms with Gasteiger partial charge in [0, 0.05) is 0 Å². The fraction of sp³-hybridized carbons (Fsp3) is 0.667. The summed E-state index contributed by atoms with van der Waals surface area (Å²) in [6.45, 7) is 5.47. The second-order valence-electron chi connectivity index (χ2n) is 4.20. The van der Waals surface area contributed by atoms with E-state index in [1.54, 1.807) is 0 Å². The molecule has 1 aromatic rings. The van der Waals surface area contributed by atoms with Crippen molar-refractivity contribution in [1.29, 1.82) is 0 Å². The molecule has 1 saturated heterocycles. The van der Waals surface area contributed by atoms with Gasteiger partial charge in [0.2, 0.25) is 0 Å². The Bertz CT molecular complexity index is 272. The van der Waals surface area contributed by atoms with Gasteiger partial charge < -0.3 is 4.42 Å². The lowest BCUT2D eigenvalue weighted by Crippen LogP contribution is -2.23. The molecule has 2 heterocycles. The smallest absolute Gasteiger partial charge is 0.118 e. The monoisotopic (exact) mass is 193 g/mol. The van der Waals surface area contributed by atoms with Gasteiger partial charge in [-0.2, -0.15) is 0 Å². The SMILES string of the molecule is Cc1ccc(CN2CCCCCC2)o1. The number of nitrogens with zero attached hydrogens (tertiary/aromatic N) is 1. The van der Waals surface area contributed by atoms with Gasteiger partial charge in [-0.25, -0.2) is 0 Å². The van der Waals surface area contributed by atoms with Crippen LogP contribution in [0.25, 0.3) is 0 Å². The second kappa shape index (κ2) is 4.65. The van der Waals surface area contributed by atoms with Crippen LogP contribution in [-0.2, 0) is 6.54 Å². The van der Waals surface area contributed by atoms with Gasteiger partial charge in [0.25, 0.3) is 0 Å². The molecule has 2 nitrogen and oxygen atoms in total. The summed E-state index contributed by atoms with van der Waals surface area (Å²) in [5.41, 5.74) is 0. The molecule has 0 aromatic carbocycles. The Morgan fingerprint density at radius 3 is 2.43 bits per heavy atom. The summed E-state index contributed by atoms with van der Waals surface area (Å²) >= 11 is 0. The van der Waals surface area contributed by atoms with Crippen molar-refractivity contribution in [2.75, 3.05) is 13.1 Å². The highest BCUT2D eigenvalue weighted by molar-refractivity contribution is 5.05. The fourth-order valence-electron chi connectivity index (χ4n) is 2.08. The normalized spacial score (nSPS) is 19.5. The molecule has 0 radical (unpaired) electrons. The Kier molecular flexibility index (Phi) is 3.25. The van der Waals surface area contributed by atoms with Crippen LogP contribution < -0.4 is 0 Å². The molecule has 1 fully saturated rings. The lowest BCUT2D eigenvalue weighted by atomic mass is 10.2. The summed E-state index contributed by atoms with van der Waals surface area (Å²) in [6, 6.07) is 4.15. The molecule has 14 heavy (non-hydrogen) atoms. The van der Waals surface area contributed by atoms with Gasteiger partial charge in [0.15, 0.2) is 0 Å². The average molecular weight is 193 g/mol. The summed E-state index contributed by atoms with van der Waals surface area (Å²) < 4.78 is 5.59. The van der Waals surface area contributed by atoms with Crippen molar-refractivity contribution in [2.24, 2.45) is 0 Å². The van der Waals surface area contributed by atoms with Crippen LogP contribution in [0, 0.1) is 6.92 Å². The standard InChI is InChI=1S/C12H19NO/c1-11-6-7-12(14-11)10-13-8-4-2-3-5-9-13/h6-7H,2-5,8-10H2,1H3. The average Bonchev–Trinajstić information content (AvgIpc) is 2.43. The molecular weight excluding hydrogens is 174 g/mol. The maximum absolute atomic E-state index is 5.59. The van der Waals surface area contributed by atoms with Crippen LogP contribution in [0.15, 0.2) is 16.5 Å². The number of furan rings is 1. The van der Waals surface area contributed by atoms with Crippen molar-refractivity contribution in [3.05, 3.63) is 23.7 Å². The van der Waals surface area contributed by atoms with Crippen LogP contribution in [-0.4, -0.2) is 18.0 Å². The van der Waals surface area contributed by atoms with Crippen molar-refractivity contribution >= 4 is 0 Å². The van der Waals surface area contributed by atoms with Crippen molar-refractivity contribution in [3.63, 3.8) is 0 Å². The maximum Gasteiger partial charge on any atom is 0.118 e. The summed E-state index contributed by atoms with van der Waals surface area (Å²) in [5, 5.41) is 0. The van der Waals surface area contributed by atoms with Gasteiger partial charge in [0.1, 0.15) is 11.5 Å². The van der Waals surface area contributed by atoms with Crippen LogP contribution in [0.4, 0.5) is 0 Å². The molecule has 0 atom stereocenters. The predicted octanol–water partition coefficient (Wildman–Crippen LogP) is 2.96. The van der Waals surface area contributed by atoms with Crippen molar-refractivity contribution < 1.29 is 4.42 Å². The molecule has 0 N–H and O–H groups in total. The molecule has 2 rings (SSSR count). The van der Waals surface area contributed by atoms with E-state index in [4.69, 9.17) is 4.42 Å². The molecule has 0 bridgehead atoms. The largest absolute Gasteiger partial charge is 0.465 e. The summed E-state index contributed by atoms with van der Waals surface area (Å²) in [5.74, 6) is 2.14. The fourth-order valence-corrected chi connectivity index (χ4v) is 2.08. The minimum atomic E-state index is 0.994. The van der Waals surface area contributed by atoms with Gasteiger partial charge in [-0.3, -0.25) is 4.90 Å². The van der Waals surface area contributed by atoms with Crippen molar-refractivity contribution in [1.82, 2.24) is 4.90 Å². The van der Waals surface area contributed by atoms with Crippen LogP contribution in [0.1, 0.15) is 37.2 Å². The molecule has 78 valence electrons. The molecule has 1 aliphatic heterocycles. The van der Waals surface area contributed by atoms with E-state index in [1.807, 2.05) is 13.0 Å². The topological polar surface area (TPSA) is 16.4 Å². The Hall–Kier alpha value is -0.760. The third-order valence-corrected chi connectivity index (χ3v) is 2.87. The van der Waals surface area contributed by atoms with E-state index >= 15 is 0 Å². The molecule has 0 spiro atoms. The van der Waals surface area contributed by atoms with E-state index in [0.717, 1.165) is 18.1 Å². The molecule has 0 amide bonds. The first-order valence-electron chi connectivity index (χ1n) is 5.62. The quantitative estimate of drug-likeness (QED) is 0.718. The van der Waals surface area contributed by atoms with Gasteiger partial charge in [0.05, 0.1) is 6.54 Å². The van der Waals surface area contributed by atoms with Crippen LogP contribution in [0.5, 0.6) is 0 Å². The molecule has 0 saturated carbocycles. The van der Waals surface area contributed by atoms with E-state index in [-0.39, 0.29) is 0 Å². The highest BCUT2D eigenvalue weighted by Crippen LogP contribution is 2.14. The molecule has 2 heteroatoms. The van der Waals surface area contributed by atoms with Gasteiger partial charge >= 0.3 is 0 Å². The number of hydrogen-bond acceptors (Lipinski definition) is 2. The zero-order valence-corrected chi connectivity index (χ0v) is 8.96. The van der Waals surface area contributed by atoms with Gasteiger partial charge in [-0.1, -0.05) is 12.8 Å². The van der Waals surface area contributed by atoms with Crippen molar-refractivity contribution in [3.8, 4) is 0 Å². The van der Waals surface area contributed by atoms with Crippen LogP contribution >= 0.6 is 0 Å². The van der Waals surface area contributed by atoms with Gasteiger partial charge in [-0.05, 0) is 45.0 Å². The Balaban J connectivity index is 1.89. The Labute approximate surface area is 85.9 Å². The minimum Gasteiger partial charge on any atom is -0.465 e.